The summed E-state index contributed by atoms with van der Waals surface area (Å²) >= 11 is 0. The Hall–Kier alpha value is -2.45. The summed E-state index contributed by atoms with van der Waals surface area (Å²) in [5.74, 6) is -0.468. The largest absolute Gasteiger partial charge is 0.384 e. The van der Waals surface area contributed by atoms with Gasteiger partial charge in [0.25, 0.3) is 0 Å². The van der Waals surface area contributed by atoms with Crippen LogP contribution in [-0.4, -0.2) is 18.4 Å². The average molecular weight is 306 g/mol. The molecule has 21 heavy (non-hydrogen) atoms. The van der Waals surface area contributed by atoms with Crippen molar-refractivity contribution in [2.45, 2.75) is 4.90 Å². The lowest BCUT2D eigenvalue weighted by molar-refractivity contribution is 0.593. The number of aromatic nitrogens is 2. The minimum atomic E-state index is -3.95. The van der Waals surface area contributed by atoms with E-state index in [0.717, 1.165) is 6.07 Å². The molecule has 6 nitrogen and oxygen atoms in total. The SMILES string of the molecule is Nc1cc(-c2ccc(S(N)(=O)=O)cc2F)c2cc[nH]c2n1. The van der Waals surface area contributed by atoms with Crippen LogP contribution in [0.3, 0.4) is 0 Å². The van der Waals surface area contributed by atoms with Crippen LogP contribution in [0.25, 0.3) is 22.2 Å². The molecule has 0 saturated heterocycles. The Morgan fingerprint density at radius 1 is 1.14 bits per heavy atom. The second-order valence-corrected chi connectivity index (χ2v) is 6.08. The molecule has 1 aromatic carbocycles. The number of hydrogen-bond acceptors (Lipinski definition) is 4. The summed E-state index contributed by atoms with van der Waals surface area (Å²) in [5, 5.41) is 5.67. The second-order valence-electron chi connectivity index (χ2n) is 4.52. The first-order valence-corrected chi connectivity index (χ1v) is 7.47. The van der Waals surface area contributed by atoms with Crippen molar-refractivity contribution in [1.29, 1.82) is 0 Å². The van der Waals surface area contributed by atoms with E-state index >= 15 is 0 Å². The Morgan fingerprint density at radius 3 is 2.57 bits per heavy atom. The number of benzene rings is 1. The van der Waals surface area contributed by atoms with E-state index in [2.05, 4.69) is 9.97 Å². The van der Waals surface area contributed by atoms with Crippen LogP contribution in [0.15, 0.2) is 41.4 Å². The maximum atomic E-state index is 14.2. The summed E-state index contributed by atoms with van der Waals surface area (Å²) in [6, 6.07) is 6.77. The van der Waals surface area contributed by atoms with Gasteiger partial charge < -0.3 is 10.7 Å². The lowest BCUT2D eigenvalue weighted by Gasteiger charge is -2.08. The smallest absolute Gasteiger partial charge is 0.238 e. The van der Waals surface area contributed by atoms with Gasteiger partial charge >= 0.3 is 0 Å². The predicted octanol–water partition coefficient (Wildman–Crippen LogP) is 1.60. The van der Waals surface area contributed by atoms with Gasteiger partial charge in [-0.15, -0.1) is 0 Å². The number of nitrogens with one attached hydrogen (secondary N) is 1. The minimum absolute atomic E-state index is 0.223. The number of pyridine rings is 1. The molecule has 0 fully saturated rings. The average Bonchev–Trinajstić information content (AvgIpc) is 2.84. The number of fused-ring (bicyclic) bond motifs is 1. The normalized spacial score (nSPS) is 11.9. The standard InChI is InChI=1S/C13H11FN4O2S/c14-11-5-7(21(16,19)20)1-2-8(11)10-6-12(15)18-13-9(10)3-4-17-13/h1-6H,(H3,15,17,18)(H2,16,19,20). The highest BCUT2D eigenvalue weighted by Gasteiger charge is 2.15. The molecule has 0 amide bonds. The van der Waals surface area contributed by atoms with Gasteiger partial charge in [-0.1, -0.05) is 6.07 Å². The number of sulfonamides is 1. The Labute approximate surface area is 119 Å². The molecular weight excluding hydrogens is 295 g/mol. The van der Waals surface area contributed by atoms with E-state index in [1.54, 1.807) is 12.3 Å². The molecule has 0 unspecified atom stereocenters. The van der Waals surface area contributed by atoms with Crippen molar-refractivity contribution < 1.29 is 12.8 Å². The van der Waals surface area contributed by atoms with Crippen molar-refractivity contribution in [2.75, 3.05) is 5.73 Å². The third kappa shape index (κ3) is 2.34. The summed E-state index contributed by atoms with van der Waals surface area (Å²) in [7, 11) is -3.95. The molecule has 3 rings (SSSR count). The zero-order valence-corrected chi connectivity index (χ0v) is 11.5. The number of anilines is 1. The summed E-state index contributed by atoms with van der Waals surface area (Å²) in [4.78, 5) is 6.71. The molecule has 0 aliphatic heterocycles. The molecule has 3 aromatic rings. The predicted molar refractivity (Wildman–Crippen MR) is 77.3 cm³/mol. The molecule has 0 radical (unpaired) electrons. The number of hydrogen-bond donors (Lipinski definition) is 3. The van der Waals surface area contributed by atoms with Crippen LogP contribution >= 0.6 is 0 Å². The van der Waals surface area contributed by atoms with Gasteiger partial charge in [0.1, 0.15) is 17.3 Å². The molecule has 0 atom stereocenters. The summed E-state index contributed by atoms with van der Waals surface area (Å²) in [5.41, 5.74) is 6.98. The number of H-pyrrole nitrogens is 1. The first-order valence-electron chi connectivity index (χ1n) is 5.92. The van der Waals surface area contributed by atoms with Crippen LogP contribution in [0, 0.1) is 5.82 Å². The van der Waals surface area contributed by atoms with Crippen molar-refractivity contribution in [3.8, 4) is 11.1 Å². The van der Waals surface area contributed by atoms with Crippen LogP contribution in [0.5, 0.6) is 0 Å². The third-order valence-corrected chi connectivity index (χ3v) is 4.02. The molecular formula is C13H11FN4O2S. The second kappa shape index (κ2) is 4.54. The van der Waals surface area contributed by atoms with Crippen molar-refractivity contribution >= 4 is 26.9 Å². The van der Waals surface area contributed by atoms with Gasteiger partial charge in [-0.3, -0.25) is 0 Å². The Kier molecular flexibility index (Phi) is 2.92. The van der Waals surface area contributed by atoms with Crippen LogP contribution < -0.4 is 10.9 Å². The minimum Gasteiger partial charge on any atom is -0.384 e. The number of nitrogens with zero attached hydrogens (tertiary/aromatic N) is 1. The van der Waals surface area contributed by atoms with Crippen molar-refractivity contribution in [2.24, 2.45) is 5.14 Å². The Morgan fingerprint density at radius 2 is 1.90 bits per heavy atom. The third-order valence-electron chi connectivity index (χ3n) is 3.11. The monoisotopic (exact) mass is 306 g/mol. The van der Waals surface area contributed by atoms with Gasteiger partial charge in [-0.2, -0.15) is 0 Å². The van der Waals surface area contributed by atoms with Gasteiger partial charge in [-0.05, 0) is 29.8 Å². The zero-order chi connectivity index (χ0) is 15.2. The molecule has 8 heteroatoms. The van der Waals surface area contributed by atoms with E-state index in [1.165, 1.54) is 18.2 Å². The maximum absolute atomic E-state index is 14.2. The van der Waals surface area contributed by atoms with Crippen LogP contribution in [-0.2, 0) is 10.0 Å². The van der Waals surface area contributed by atoms with E-state index in [0.29, 0.717) is 16.6 Å². The first kappa shape index (κ1) is 13.5. The van der Waals surface area contributed by atoms with Crippen molar-refractivity contribution in [1.82, 2.24) is 9.97 Å². The molecule has 2 heterocycles. The fraction of sp³-hybridized carbons (Fsp3) is 0. The number of nitrogen functional groups attached to an aromatic ring is 1. The van der Waals surface area contributed by atoms with E-state index in [9.17, 15) is 12.8 Å². The highest BCUT2D eigenvalue weighted by Crippen LogP contribution is 2.31. The van der Waals surface area contributed by atoms with Crippen molar-refractivity contribution in [3.05, 3.63) is 42.3 Å². The van der Waals surface area contributed by atoms with Crippen LogP contribution in [0.4, 0.5) is 10.2 Å². The Balaban J connectivity index is 2.26. The van der Waals surface area contributed by atoms with Gasteiger partial charge in [-0.25, -0.2) is 22.9 Å². The van der Waals surface area contributed by atoms with Crippen molar-refractivity contribution in [3.63, 3.8) is 0 Å². The zero-order valence-electron chi connectivity index (χ0n) is 10.7. The number of aromatic amines is 1. The number of primary sulfonamides is 1. The highest BCUT2D eigenvalue weighted by molar-refractivity contribution is 7.89. The number of rotatable bonds is 2. The topological polar surface area (TPSA) is 115 Å². The molecule has 0 saturated carbocycles. The van der Waals surface area contributed by atoms with Crippen LogP contribution in [0.2, 0.25) is 0 Å². The van der Waals surface area contributed by atoms with E-state index in [-0.39, 0.29) is 16.3 Å². The molecule has 5 N–H and O–H groups in total. The van der Waals surface area contributed by atoms with Crippen LogP contribution in [0.1, 0.15) is 0 Å². The number of halogens is 1. The lowest BCUT2D eigenvalue weighted by atomic mass is 10.0. The highest BCUT2D eigenvalue weighted by atomic mass is 32.2. The molecule has 2 aromatic heterocycles. The van der Waals surface area contributed by atoms with E-state index in [1.807, 2.05) is 0 Å². The summed E-state index contributed by atoms with van der Waals surface area (Å²) in [6.07, 6.45) is 1.66. The quantitative estimate of drug-likeness (QED) is 0.667. The molecule has 108 valence electrons. The molecule has 0 spiro atoms. The lowest BCUT2D eigenvalue weighted by Crippen LogP contribution is -2.12. The first-order chi connectivity index (χ1) is 9.86. The fourth-order valence-electron chi connectivity index (χ4n) is 2.17. The maximum Gasteiger partial charge on any atom is 0.238 e. The molecule has 0 bridgehead atoms. The van der Waals surface area contributed by atoms with E-state index in [4.69, 9.17) is 10.9 Å². The summed E-state index contributed by atoms with van der Waals surface area (Å²) < 4.78 is 36.7. The Bertz CT molecular complexity index is 950. The van der Waals surface area contributed by atoms with Gasteiger partial charge in [0, 0.05) is 17.1 Å². The van der Waals surface area contributed by atoms with Gasteiger partial charge in [0.2, 0.25) is 10.0 Å². The molecule has 0 aliphatic carbocycles. The van der Waals surface area contributed by atoms with E-state index < -0.39 is 15.8 Å². The van der Waals surface area contributed by atoms with Gasteiger partial charge in [0.15, 0.2) is 0 Å². The number of nitrogens with two attached hydrogens (primary N) is 2. The fourth-order valence-corrected chi connectivity index (χ4v) is 2.70. The summed E-state index contributed by atoms with van der Waals surface area (Å²) in [6.45, 7) is 0. The molecule has 0 aliphatic rings. The van der Waals surface area contributed by atoms with Gasteiger partial charge in [0.05, 0.1) is 4.90 Å².